The van der Waals surface area contributed by atoms with Gasteiger partial charge in [-0.3, -0.25) is 9.69 Å². The molecule has 0 bridgehead atoms. The van der Waals surface area contributed by atoms with E-state index in [2.05, 4.69) is 10.00 Å². The van der Waals surface area contributed by atoms with Crippen molar-refractivity contribution in [3.05, 3.63) is 70.5 Å². The number of halogens is 2. The van der Waals surface area contributed by atoms with E-state index in [4.69, 9.17) is 16.6 Å². The van der Waals surface area contributed by atoms with Crippen molar-refractivity contribution in [2.75, 3.05) is 32.1 Å². The van der Waals surface area contributed by atoms with E-state index < -0.39 is 0 Å². The third kappa shape index (κ3) is 4.66. The van der Waals surface area contributed by atoms with Gasteiger partial charge in [0.15, 0.2) is 5.13 Å². The molecule has 0 N–H and O–H groups in total. The van der Waals surface area contributed by atoms with Crippen LogP contribution in [0.3, 0.4) is 0 Å². The van der Waals surface area contributed by atoms with Gasteiger partial charge in [0.05, 0.1) is 33.4 Å². The van der Waals surface area contributed by atoms with Crippen LogP contribution in [0.1, 0.15) is 21.6 Å². The van der Waals surface area contributed by atoms with Crippen LogP contribution >= 0.6 is 35.3 Å². The number of amides is 1. The van der Waals surface area contributed by atoms with Gasteiger partial charge in [0, 0.05) is 18.1 Å². The van der Waals surface area contributed by atoms with Crippen molar-refractivity contribution in [2.24, 2.45) is 0 Å². The molecule has 4 aromatic rings. The number of hydrogen-bond acceptors (Lipinski definition) is 5. The van der Waals surface area contributed by atoms with Gasteiger partial charge in [0.25, 0.3) is 5.91 Å². The number of carbonyl (C=O) groups is 1. The normalized spacial score (nSPS) is 11.1. The molecule has 2 heterocycles. The fourth-order valence-corrected chi connectivity index (χ4v) is 4.58. The maximum atomic E-state index is 13.6. The quantitative estimate of drug-likeness (QED) is 0.364. The Bertz CT molecular complexity index is 1240. The molecule has 0 spiro atoms. The third-order valence-electron chi connectivity index (χ3n) is 5.22. The van der Waals surface area contributed by atoms with Gasteiger partial charge in [-0.25, -0.2) is 9.67 Å². The second-order valence-corrected chi connectivity index (χ2v) is 9.08. The summed E-state index contributed by atoms with van der Waals surface area (Å²) < 4.78 is 2.80. The SMILES string of the molecule is Cc1c(Cl)ccc2sc(N(CCN(C)C)C(=O)c3cnn(-c4ccccc4)c3C)nc12.Cl. The van der Waals surface area contributed by atoms with E-state index in [1.54, 1.807) is 15.8 Å². The molecule has 0 saturated carbocycles. The average Bonchev–Trinajstić information content (AvgIpc) is 3.35. The largest absolute Gasteiger partial charge is 0.308 e. The first-order chi connectivity index (χ1) is 14.9. The van der Waals surface area contributed by atoms with Gasteiger partial charge in [-0.2, -0.15) is 5.10 Å². The lowest BCUT2D eigenvalue weighted by Crippen LogP contribution is -2.37. The zero-order valence-corrected chi connectivity index (χ0v) is 20.8. The molecule has 0 saturated heterocycles. The minimum absolute atomic E-state index is 0. The molecule has 168 valence electrons. The molecular weight excluding hydrogens is 465 g/mol. The van der Waals surface area contributed by atoms with Gasteiger partial charge in [-0.05, 0) is 57.8 Å². The van der Waals surface area contributed by atoms with Crippen molar-refractivity contribution in [3.63, 3.8) is 0 Å². The van der Waals surface area contributed by atoms with E-state index in [1.807, 2.05) is 70.4 Å². The summed E-state index contributed by atoms with van der Waals surface area (Å²) in [6.07, 6.45) is 1.64. The number of rotatable bonds is 6. The predicted octanol–water partition coefficient (Wildman–Crippen LogP) is 5.38. The molecular formula is C23H25Cl2N5OS. The van der Waals surface area contributed by atoms with E-state index in [-0.39, 0.29) is 18.3 Å². The molecule has 6 nitrogen and oxygen atoms in total. The smallest absolute Gasteiger partial charge is 0.263 e. The van der Waals surface area contributed by atoms with E-state index in [1.165, 1.54) is 11.3 Å². The van der Waals surface area contributed by atoms with Gasteiger partial charge < -0.3 is 4.90 Å². The standard InChI is InChI=1S/C23H24ClN5OS.ClH/c1-15-19(24)10-11-20-21(15)26-23(31-20)28(13-12-27(3)4)22(30)18-14-25-29(16(18)2)17-8-6-5-7-9-17;/h5-11,14H,12-13H2,1-4H3;1H. The first-order valence-corrected chi connectivity index (χ1v) is 11.2. The first-order valence-electron chi connectivity index (χ1n) is 9.99. The number of carbonyl (C=O) groups excluding carboxylic acids is 1. The van der Waals surface area contributed by atoms with Crippen molar-refractivity contribution >= 4 is 56.6 Å². The molecule has 32 heavy (non-hydrogen) atoms. The van der Waals surface area contributed by atoms with E-state index in [0.717, 1.165) is 27.2 Å². The molecule has 0 unspecified atom stereocenters. The van der Waals surface area contributed by atoms with Crippen LogP contribution < -0.4 is 4.90 Å². The van der Waals surface area contributed by atoms with Crippen LogP contribution in [0, 0.1) is 13.8 Å². The molecule has 0 aliphatic rings. The number of likely N-dealkylation sites (N-methyl/N-ethyl adjacent to an activating group) is 1. The summed E-state index contributed by atoms with van der Waals surface area (Å²) in [6.45, 7) is 5.11. The Hall–Kier alpha value is -2.45. The monoisotopic (exact) mass is 489 g/mol. The van der Waals surface area contributed by atoms with Crippen molar-refractivity contribution < 1.29 is 4.79 Å². The fraction of sp³-hybridized carbons (Fsp3) is 0.261. The highest BCUT2D eigenvalue weighted by atomic mass is 35.5. The molecule has 0 atom stereocenters. The highest BCUT2D eigenvalue weighted by Crippen LogP contribution is 2.34. The summed E-state index contributed by atoms with van der Waals surface area (Å²) >= 11 is 7.79. The molecule has 2 aromatic heterocycles. The summed E-state index contributed by atoms with van der Waals surface area (Å²) in [6, 6.07) is 13.6. The maximum absolute atomic E-state index is 13.6. The Morgan fingerprint density at radius 3 is 2.50 bits per heavy atom. The Kier molecular flexibility index (Phi) is 7.56. The molecule has 9 heteroatoms. The first kappa shape index (κ1) is 24.2. The number of hydrogen-bond donors (Lipinski definition) is 0. The summed E-state index contributed by atoms with van der Waals surface area (Å²) in [5, 5.41) is 5.81. The number of anilines is 1. The van der Waals surface area contributed by atoms with Crippen LogP contribution in [0.4, 0.5) is 5.13 Å². The number of aromatic nitrogens is 3. The lowest BCUT2D eigenvalue weighted by atomic mass is 10.2. The number of para-hydroxylation sites is 1. The topological polar surface area (TPSA) is 54.3 Å². The van der Waals surface area contributed by atoms with Crippen LogP contribution in [0.2, 0.25) is 5.02 Å². The Labute approximate surface area is 202 Å². The zero-order valence-electron chi connectivity index (χ0n) is 18.4. The number of aryl methyl sites for hydroxylation is 1. The Balaban J connectivity index is 0.00000289. The maximum Gasteiger partial charge on any atom is 0.263 e. The van der Waals surface area contributed by atoms with E-state index in [9.17, 15) is 4.79 Å². The molecule has 2 aromatic carbocycles. The molecule has 0 radical (unpaired) electrons. The average molecular weight is 490 g/mol. The molecule has 0 aliphatic carbocycles. The van der Waals surface area contributed by atoms with Gasteiger partial charge in [-0.1, -0.05) is 41.1 Å². The summed E-state index contributed by atoms with van der Waals surface area (Å²) in [5.74, 6) is -0.107. The number of nitrogens with zero attached hydrogens (tertiary/aromatic N) is 5. The minimum Gasteiger partial charge on any atom is -0.308 e. The lowest BCUT2D eigenvalue weighted by molar-refractivity contribution is 0.0984. The van der Waals surface area contributed by atoms with Gasteiger partial charge in [0.1, 0.15) is 0 Å². The van der Waals surface area contributed by atoms with E-state index in [0.29, 0.717) is 28.8 Å². The van der Waals surface area contributed by atoms with Crippen LogP contribution in [-0.4, -0.2) is 52.8 Å². The van der Waals surface area contributed by atoms with E-state index >= 15 is 0 Å². The van der Waals surface area contributed by atoms with Crippen LogP contribution in [0.15, 0.2) is 48.7 Å². The van der Waals surface area contributed by atoms with Crippen molar-refractivity contribution in [1.29, 1.82) is 0 Å². The third-order valence-corrected chi connectivity index (χ3v) is 6.68. The second-order valence-electron chi connectivity index (χ2n) is 7.67. The van der Waals surface area contributed by atoms with Gasteiger partial charge in [0.2, 0.25) is 0 Å². The van der Waals surface area contributed by atoms with Crippen molar-refractivity contribution in [3.8, 4) is 5.69 Å². The van der Waals surface area contributed by atoms with Crippen LogP contribution in [-0.2, 0) is 0 Å². The summed E-state index contributed by atoms with van der Waals surface area (Å²) in [5.41, 5.74) is 4.05. The van der Waals surface area contributed by atoms with Gasteiger partial charge in [-0.15, -0.1) is 12.4 Å². The minimum atomic E-state index is -0.107. The molecule has 0 aliphatic heterocycles. The van der Waals surface area contributed by atoms with Crippen LogP contribution in [0.5, 0.6) is 0 Å². The number of benzene rings is 2. The van der Waals surface area contributed by atoms with Crippen LogP contribution in [0.25, 0.3) is 15.9 Å². The van der Waals surface area contributed by atoms with Crippen molar-refractivity contribution in [2.45, 2.75) is 13.8 Å². The lowest BCUT2D eigenvalue weighted by Gasteiger charge is -2.21. The summed E-state index contributed by atoms with van der Waals surface area (Å²) in [7, 11) is 3.98. The molecule has 1 amide bonds. The molecule has 4 rings (SSSR count). The number of thiazole rings is 1. The predicted molar refractivity (Wildman–Crippen MR) is 135 cm³/mol. The number of fused-ring (bicyclic) bond motifs is 1. The van der Waals surface area contributed by atoms with Gasteiger partial charge >= 0.3 is 0 Å². The summed E-state index contributed by atoms with van der Waals surface area (Å²) in [4.78, 5) is 22.2. The zero-order chi connectivity index (χ0) is 22.1. The highest BCUT2D eigenvalue weighted by Gasteiger charge is 2.25. The molecule has 0 fully saturated rings. The Morgan fingerprint density at radius 1 is 1.09 bits per heavy atom. The fourth-order valence-electron chi connectivity index (χ4n) is 3.38. The van der Waals surface area contributed by atoms with Crippen molar-refractivity contribution in [1.82, 2.24) is 19.7 Å². The second kappa shape index (κ2) is 10.0. The Morgan fingerprint density at radius 2 is 1.81 bits per heavy atom. The highest BCUT2D eigenvalue weighted by molar-refractivity contribution is 7.22.